The quantitative estimate of drug-likeness (QED) is 0.282. The molecular formula is C19H36O2. The van der Waals surface area contributed by atoms with Crippen LogP contribution in [0.25, 0.3) is 0 Å². The van der Waals surface area contributed by atoms with Crippen LogP contribution in [-0.4, -0.2) is 11.1 Å². The van der Waals surface area contributed by atoms with Crippen molar-refractivity contribution < 1.29 is 9.90 Å². The number of carboxylic acid groups (broad SMARTS) is 1. The highest BCUT2D eigenvalue weighted by atomic mass is 16.4. The van der Waals surface area contributed by atoms with E-state index >= 15 is 0 Å². The van der Waals surface area contributed by atoms with Gasteiger partial charge in [0.2, 0.25) is 0 Å². The van der Waals surface area contributed by atoms with Gasteiger partial charge in [-0.3, -0.25) is 4.79 Å². The summed E-state index contributed by atoms with van der Waals surface area (Å²) in [5.41, 5.74) is 0. The molecule has 0 saturated carbocycles. The Bertz CT molecular complexity index is 256. The van der Waals surface area contributed by atoms with E-state index in [9.17, 15) is 4.79 Å². The Hall–Kier alpha value is -0.790. The van der Waals surface area contributed by atoms with Gasteiger partial charge in [-0.25, -0.2) is 0 Å². The number of rotatable bonds is 15. The zero-order valence-electron chi connectivity index (χ0n) is 14.3. The van der Waals surface area contributed by atoms with Gasteiger partial charge in [-0.15, -0.1) is 0 Å². The lowest BCUT2D eigenvalue weighted by Gasteiger charge is -2.03. The highest BCUT2D eigenvalue weighted by molar-refractivity contribution is 5.66. The van der Waals surface area contributed by atoms with Gasteiger partial charge in [0.15, 0.2) is 0 Å². The van der Waals surface area contributed by atoms with E-state index in [1.165, 1.54) is 51.4 Å². The number of carbonyl (C=O) groups is 1. The molecule has 0 radical (unpaired) electrons. The normalized spacial score (nSPS) is 11.6. The Kier molecular flexibility index (Phi) is 15.0. The average molecular weight is 296 g/mol. The van der Waals surface area contributed by atoms with Crippen LogP contribution >= 0.6 is 0 Å². The van der Waals surface area contributed by atoms with Crippen LogP contribution < -0.4 is 0 Å². The van der Waals surface area contributed by atoms with Crippen molar-refractivity contribution in [3.05, 3.63) is 12.2 Å². The second-order valence-electron chi connectivity index (χ2n) is 6.56. The van der Waals surface area contributed by atoms with E-state index in [4.69, 9.17) is 5.11 Å². The predicted octanol–water partition coefficient (Wildman–Crippen LogP) is 6.35. The third-order valence-corrected chi connectivity index (χ3v) is 3.83. The van der Waals surface area contributed by atoms with Crippen LogP contribution in [0.2, 0.25) is 0 Å². The number of allylic oxidation sites excluding steroid dienone is 2. The molecule has 0 rings (SSSR count). The van der Waals surface area contributed by atoms with Gasteiger partial charge in [0.1, 0.15) is 0 Å². The minimum absolute atomic E-state index is 0.326. The Balaban J connectivity index is 3.10. The minimum Gasteiger partial charge on any atom is -0.481 e. The monoisotopic (exact) mass is 296 g/mol. The molecule has 0 atom stereocenters. The van der Waals surface area contributed by atoms with Crippen molar-refractivity contribution in [1.82, 2.24) is 0 Å². The molecule has 0 aliphatic heterocycles. The minimum atomic E-state index is -0.667. The first-order valence-corrected chi connectivity index (χ1v) is 8.99. The Morgan fingerprint density at radius 1 is 0.810 bits per heavy atom. The summed E-state index contributed by atoms with van der Waals surface area (Å²) < 4.78 is 0. The Labute approximate surface area is 132 Å². The number of unbranched alkanes of at least 4 members (excludes halogenated alkanes) is 9. The fraction of sp³-hybridized carbons (Fsp3) is 0.842. The van der Waals surface area contributed by atoms with Crippen LogP contribution in [-0.2, 0) is 4.79 Å². The van der Waals surface area contributed by atoms with E-state index in [-0.39, 0.29) is 0 Å². The highest BCUT2D eigenvalue weighted by Crippen LogP contribution is 2.12. The molecule has 0 aliphatic carbocycles. The van der Waals surface area contributed by atoms with Crippen LogP contribution in [0.1, 0.15) is 97.3 Å². The summed E-state index contributed by atoms with van der Waals surface area (Å²) in [5, 5.41) is 8.52. The lowest BCUT2D eigenvalue weighted by molar-refractivity contribution is -0.137. The van der Waals surface area contributed by atoms with Gasteiger partial charge in [0.25, 0.3) is 0 Å². The molecule has 0 spiro atoms. The molecule has 2 heteroatoms. The summed E-state index contributed by atoms with van der Waals surface area (Å²) in [5.74, 6) is 0.191. The van der Waals surface area contributed by atoms with Crippen LogP contribution in [0.15, 0.2) is 12.2 Å². The van der Waals surface area contributed by atoms with Gasteiger partial charge in [0, 0.05) is 6.42 Å². The first kappa shape index (κ1) is 20.2. The third kappa shape index (κ3) is 19.2. The van der Waals surface area contributed by atoms with Crippen molar-refractivity contribution in [2.75, 3.05) is 0 Å². The zero-order chi connectivity index (χ0) is 15.8. The highest BCUT2D eigenvalue weighted by Gasteiger charge is 1.96. The number of aliphatic carboxylic acids is 1. The molecule has 0 aromatic rings. The number of carboxylic acids is 1. The predicted molar refractivity (Wildman–Crippen MR) is 91.6 cm³/mol. The topological polar surface area (TPSA) is 37.3 Å². The van der Waals surface area contributed by atoms with E-state index in [0.29, 0.717) is 6.42 Å². The first-order chi connectivity index (χ1) is 10.1. The maximum Gasteiger partial charge on any atom is 0.303 e. The van der Waals surface area contributed by atoms with Gasteiger partial charge in [-0.1, -0.05) is 70.9 Å². The van der Waals surface area contributed by atoms with Gasteiger partial charge < -0.3 is 5.11 Å². The van der Waals surface area contributed by atoms with Crippen molar-refractivity contribution >= 4 is 5.97 Å². The molecule has 21 heavy (non-hydrogen) atoms. The van der Waals surface area contributed by atoms with E-state index in [1.807, 2.05) is 0 Å². The summed E-state index contributed by atoms with van der Waals surface area (Å²) in [4.78, 5) is 10.3. The van der Waals surface area contributed by atoms with Crippen molar-refractivity contribution in [2.24, 2.45) is 5.92 Å². The molecule has 0 amide bonds. The molecule has 0 aromatic carbocycles. The third-order valence-electron chi connectivity index (χ3n) is 3.83. The molecule has 0 fully saturated rings. The average Bonchev–Trinajstić information content (AvgIpc) is 2.42. The lowest BCUT2D eigenvalue weighted by Crippen LogP contribution is -1.93. The van der Waals surface area contributed by atoms with Crippen LogP contribution in [0.3, 0.4) is 0 Å². The number of hydrogen-bond donors (Lipinski definition) is 1. The van der Waals surface area contributed by atoms with E-state index in [2.05, 4.69) is 26.0 Å². The van der Waals surface area contributed by atoms with E-state index in [0.717, 1.165) is 31.6 Å². The molecule has 1 N–H and O–H groups in total. The zero-order valence-corrected chi connectivity index (χ0v) is 14.3. The smallest absolute Gasteiger partial charge is 0.303 e. The summed E-state index contributed by atoms with van der Waals surface area (Å²) in [6.45, 7) is 4.61. The largest absolute Gasteiger partial charge is 0.481 e. The lowest BCUT2D eigenvalue weighted by atomic mass is 10.0. The summed E-state index contributed by atoms with van der Waals surface area (Å²) in [6, 6.07) is 0. The maximum atomic E-state index is 10.3. The SMILES string of the molecule is CC(C)CCCCCCCC=CCCCCCCC(=O)O. The van der Waals surface area contributed by atoms with Crippen molar-refractivity contribution in [3.8, 4) is 0 Å². The molecule has 2 nitrogen and oxygen atoms in total. The van der Waals surface area contributed by atoms with Crippen molar-refractivity contribution in [3.63, 3.8) is 0 Å². The number of hydrogen-bond acceptors (Lipinski definition) is 1. The second-order valence-corrected chi connectivity index (χ2v) is 6.56. The fourth-order valence-electron chi connectivity index (χ4n) is 2.47. The molecular weight excluding hydrogens is 260 g/mol. The molecule has 0 aliphatic rings. The summed E-state index contributed by atoms with van der Waals surface area (Å²) in [7, 11) is 0. The van der Waals surface area contributed by atoms with Gasteiger partial charge in [-0.2, -0.15) is 0 Å². The van der Waals surface area contributed by atoms with Crippen LogP contribution in [0, 0.1) is 5.92 Å². The standard InChI is InChI=1S/C19H36O2/c1-18(2)16-14-12-10-8-6-4-3-5-7-9-11-13-15-17-19(20)21/h3,5,18H,4,6-17H2,1-2H3,(H,20,21). The maximum absolute atomic E-state index is 10.3. The van der Waals surface area contributed by atoms with Gasteiger partial charge in [-0.05, 0) is 38.0 Å². The Morgan fingerprint density at radius 3 is 1.81 bits per heavy atom. The van der Waals surface area contributed by atoms with Gasteiger partial charge in [0.05, 0.1) is 0 Å². The molecule has 0 heterocycles. The van der Waals surface area contributed by atoms with Crippen LogP contribution in [0.5, 0.6) is 0 Å². The van der Waals surface area contributed by atoms with Crippen LogP contribution in [0.4, 0.5) is 0 Å². The van der Waals surface area contributed by atoms with Crippen molar-refractivity contribution in [1.29, 1.82) is 0 Å². The second kappa shape index (κ2) is 15.6. The van der Waals surface area contributed by atoms with E-state index in [1.54, 1.807) is 0 Å². The Morgan fingerprint density at radius 2 is 1.29 bits per heavy atom. The molecule has 0 saturated heterocycles. The first-order valence-electron chi connectivity index (χ1n) is 8.99. The molecule has 0 bridgehead atoms. The van der Waals surface area contributed by atoms with Crippen molar-refractivity contribution in [2.45, 2.75) is 97.3 Å². The van der Waals surface area contributed by atoms with Gasteiger partial charge >= 0.3 is 5.97 Å². The summed E-state index contributed by atoms with van der Waals surface area (Å²) in [6.07, 6.45) is 19.8. The molecule has 124 valence electrons. The fourth-order valence-corrected chi connectivity index (χ4v) is 2.47. The van der Waals surface area contributed by atoms with E-state index < -0.39 is 5.97 Å². The molecule has 0 aromatic heterocycles. The summed E-state index contributed by atoms with van der Waals surface area (Å²) >= 11 is 0. The molecule has 0 unspecified atom stereocenters.